The van der Waals surface area contributed by atoms with Gasteiger partial charge in [-0.2, -0.15) is 5.26 Å². The normalized spacial score (nSPS) is 12.5. The lowest BCUT2D eigenvalue weighted by Gasteiger charge is -2.17. The molecule has 0 radical (unpaired) electrons. The second-order valence-corrected chi connectivity index (χ2v) is 4.42. The SMILES string of the molecule is CCC(C)c1ccc(C#N)cc1C(C)C. The van der Waals surface area contributed by atoms with Gasteiger partial charge in [0.15, 0.2) is 0 Å². The van der Waals surface area contributed by atoms with Gasteiger partial charge in [0.1, 0.15) is 0 Å². The molecule has 0 aromatic heterocycles. The summed E-state index contributed by atoms with van der Waals surface area (Å²) < 4.78 is 0. The molecule has 0 amide bonds. The van der Waals surface area contributed by atoms with E-state index in [2.05, 4.69) is 39.8 Å². The summed E-state index contributed by atoms with van der Waals surface area (Å²) in [6.45, 7) is 8.81. The number of hydrogen-bond donors (Lipinski definition) is 0. The molecule has 1 unspecified atom stereocenters. The maximum Gasteiger partial charge on any atom is 0.0991 e. The lowest BCUT2D eigenvalue weighted by molar-refractivity contribution is 0.707. The molecule has 80 valence electrons. The van der Waals surface area contributed by atoms with Crippen LogP contribution in [0.4, 0.5) is 0 Å². The van der Waals surface area contributed by atoms with Crippen LogP contribution in [0.5, 0.6) is 0 Å². The molecule has 1 heteroatoms. The van der Waals surface area contributed by atoms with Crippen LogP contribution in [-0.2, 0) is 0 Å². The summed E-state index contributed by atoms with van der Waals surface area (Å²) in [6, 6.07) is 8.28. The fourth-order valence-corrected chi connectivity index (χ4v) is 1.81. The van der Waals surface area contributed by atoms with Crippen LogP contribution in [0.25, 0.3) is 0 Å². The van der Waals surface area contributed by atoms with E-state index in [-0.39, 0.29) is 0 Å². The molecule has 1 nitrogen and oxygen atoms in total. The van der Waals surface area contributed by atoms with Crippen LogP contribution in [-0.4, -0.2) is 0 Å². The van der Waals surface area contributed by atoms with Crippen LogP contribution in [0, 0.1) is 11.3 Å². The summed E-state index contributed by atoms with van der Waals surface area (Å²) in [6.07, 6.45) is 1.14. The van der Waals surface area contributed by atoms with E-state index in [1.165, 1.54) is 11.1 Å². The van der Waals surface area contributed by atoms with Gasteiger partial charge in [-0.3, -0.25) is 0 Å². The molecule has 0 N–H and O–H groups in total. The molecule has 0 spiro atoms. The van der Waals surface area contributed by atoms with Crippen molar-refractivity contribution in [2.24, 2.45) is 0 Å². The molecule has 0 saturated heterocycles. The molecular formula is C14H19N. The Labute approximate surface area is 92.7 Å². The Hall–Kier alpha value is -1.29. The van der Waals surface area contributed by atoms with E-state index in [1.807, 2.05) is 12.1 Å². The van der Waals surface area contributed by atoms with E-state index in [0.29, 0.717) is 11.8 Å². The van der Waals surface area contributed by atoms with Crippen LogP contribution < -0.4 is 0 Å². The fourth-order valence-electron chi connectivity index (χ4n) is 1.81. The Morgan fingerprint density at radius 1 is 1.20 bits per heavy atom. The third-order valence-electron chi connectivity index (χ3n) is 2.98. The number of nitrogens with zero attached hydrogens (tertiary/aromatic N) is 1. The Kier molecular flexibility index (Phi) is 3.91. The molecular weight excluding hydrogens is 182 g/mol. The van der Waals surface area contributed by atoms with E-state index in [4.69, 9.17) is 5.26 Å². The number of rotatable bonds is 3. The van der Waals surface area contributed by atoms with Crippen molar-refractivity contribution in [3.63, 3.8) is 0 Å². The standard InChI is InChI=1S/C14H19N/c1-5-11(4)13-7-6-12(9-15)8-14(13)10(2)3/h6-8,10-11H,5H2,1-4H3. The van der Waals surface area contributed by atoms with Gasteiger partial charge in [0.05, 0.1) is 11.6 Å². The molecule has 0 bridgehead atoms. The zero-order chi connectivity index (χ0) is 11.4. The third-order valence-corrected chi connectivity index (χ3v) is 2.98. The van der Waals surface area contributed by atoms with E-state index in [0.717, 1.165) is 12.0 Å². The smallest absolute Gasteiger partial charge is 0.0991 e. The first-order valence-corrected chi connectivity index (χ1v) is 5.64. The minimum atomic E-state index is 0.488. The van der Waals surface area contributed by atoms with Gasteiger partial charge in [0.2, 0.25) is 0 Å². The van der Waals surface area contributed by atoms with E-state index in [1.54, 1.807) is 0 Å². The van der Waals surface area contributed by atoms with Crippen molar-refractivity contribution in [2.45, 2.75) is 46.0 Å². The first-order chi connectivity index (χ1) is 7.10. The third kappa shape index (κ3) is 2.59. The monoisotopic (exact) mass is 201 g/mol. The summed E-state index contributed by atoms with van der Waals surface area (Å²) >= 11 is 0. The van der Waals surface area contributed by atoms with Crippen molar-refractivity contribution in [3.8, 4) is 6.07 Å². The molecule has 0 aliphatic carbocycles. The van der Waals surface area contributed by atoms with E-state index < -0.39 is 0 Å². The van der Waals surface area contributed by atoms with E-state index in [9.17, 15) is 0 Å². The fraction of sp³-hybridized carbons (Fsp3) is 0.500. The minimum Gasteiger partial charge on any atom is -0.192 e. The van der Waals surface area contributed by atoms with Crippen LogP contribution >= 0.6 is 0 Å². The maximum atomic E-state index is 8.88. The molecule has 1 atom stereocenters. The minimum absolute atomic E-state index is 0.488. The topological polar surface area (TPSA) is 23.8 Å². The van der Waals surface area contributed by atoms with Gasteiger partial charge in [-0.15, -0.1) is 0 Å². The quantitative estimate of drug-likeness (QED) is 0.719. The van der Waals surface area contributed by atoms with Gasteiger partial charge >= 0.3 is 0 Å². The summed E-state index contributed by atoms with van der Waals surface area (Å²) in [4.78, 5) is 0. The van der Waals surface area contributed by atoms with Crippen molar-refractivity contribution in [1.82, 2.24) is 0 Å². The van der Waals surface area contributed by atoms with Crippen LogP contribution in [0.15, 0.2) is 18.2 Å². The van der Waals surface area contributed by atoms with Crippen molar-refractivity contribution in [2.75, 3.05) is 0 Å². The van der Waals surface area contributed by atoms with Gasteiger partial charge in [-0.25, -0.2) is 0 Å². The lowest BCUT2D eigenvalue weighted by atomic mass is 9.87. The molecule has 0 aliphatic heterocycles. The molecule has 1 rings (SSSR count). The summed E-state index contributed by atoms with van der Waals surface area (Å²) in [5.74, 6) is 1.07. The largest absolute Gasteiger partial charge is 0.192 e. The average molecular weight is 201 g/mol. The lowest BCUT2D eigenvalue weighted by Crippen LogP contribution is -2.01. The van der Waals surface area contributed by atoms with E-state index >= 15 is 0 Å². The van der Waals surface area contributed by atoms with Crippen LogP contribution in [0.2, 0.25) is 0 Å². The van der Waals surface area contributed by atoms with Crippen molar-refractivity contribution in [1.29, 1.82) is 5.26 Å². The Balaban J connectivity index is 3.22. The predicted molar refractivity (Wildman–Crippen MR) is 64.0 cm³/mol. The van der Waals surface area contributed by atoms with Gasteiger partial charge in [-0.05, 0) is 41.5 Å². The molecule has 1 aromatic carbocycles. The summed E-state index contributed by atoms with van der Waals surface area (Å²) in [7, 11) is 0. The number of benzene rings is 1. The van der Waals surface area contributed by atoms with Gasteiger partial charge in [0.25, 0.3) is 0 Å². The molecule has 1 aromatic rings. The summed E-state index contributed by atoms with van der Waals surface area (Å²) in [5, 5.41) is 8.88. The Morgan fingerprint density at radius 2 is 1.87 bits per heavy atom. The highest BCUT2D eigenvalue weighted by Gasteiger charge is 2.12. The second-order valence-electron chi connectivity index (χ2n) is 4.42. The van der Waals surface area contributed by atoms with Crippen molar-refractivity contribution < 1.29 is 0 Å². The highest BCUT2D eigenvalue weighted by atomic mass is 14.2. The highest BCUT2D eigenvalue weighted by molar-refractivity contribution is 5.41. The second kappa shape index (κ2) is 4.98. The van der Waals surface area contributed by atoms with Crippen LogP contribution in [0.1, 0.15) is 62.6 Å². The molecule has 0 saturated carbocycles. The predicted octanol–water partition coefficient (Wildman–Crippen LogP) is 4.20. The van der Waals surface area contributed by atoms with Gasteiger partial charge < -0.3 is 0 Å². The Bertz CT molecular complexity index is 371. The number of hydrogen-bond acceptors (Lipinski definition) is 1. The van der Waals surface area contributed by atoms with Crippen LogP contribution in [0.3, 0.4) is 0 Å². The van der Waals surface area contributed by atoms with Gasteiger partial charge in [-0.1, -0.05) is 33.8 Å². The average Bonchev–Trinajstić information content (AvgIpc) is 2.27. The van der Waals surface area contributed by atoms with Gasteiger partial charge in [0, 0.05) is 0 Å². The van der Waals surface area contributed by atoms with Crippen molar-refractivity contribution >= 4 is 0 Å². The molecule has 0 fully saturated rings. The summed E-state index contributed by atoms with van der Waals surface area (Å²) in [5.41, 5.74) is 3.49. The highest BCUT2D eigenvalue weighted by Crippen LogP contribution is 2.28. The molecule has 0 heterocycles. The maximum absolute atomic E-state index is 8.88. The first kappa shape index (κ1) is 11.8. The van der Waals surface area contributed by atoms with Crippen molar-refractivity contribution in [3.05, 3.63) is 34.9 Å². The molecule has 15 heavy (non-hydrogen) atoms. The zero-order valence-corrected chi connectivity index (χ0v) is 10.0. The number of nitriles is 1. The molecule has 0 aliphatic rings. The first-order valence-electron chi connectivity index (χ1n) is 5.64. The Morgan fingerprint density at radius 3 is 2.33 bits per heavy atom. The zero-order valence-electron chi connectivity index (χ0n) is 10.0.